The van der Waals surface area contributed by atoms with Crippen LogP contribution in [-0.2, 0) is 15.4 Å². The Labute approximate surface area is 127 Å². The molecule has 1 rings (SSSR count). The van der Waals surface area contributed by atoms with Gasteiger partial charge >= 0.3 is 0 Å². The van der Waals surface area contributed by atoms with Gasteiger partial charge in [-0.25, -0.2) is 13.6 Å². The molecule has 0 aliphatic heterocycles. The maximum atomic E-state index is 12.4. The van der Waals surface area contributed by atoms with Crippen molar-refractivity contribution >= 4 is 15.9 Å². The van der Waals surface area contributed by atoms with E-state index in [0.717, 1.165) is 5.56 Å². The zero-order valence-corrected chi connectivity index (χ0v) is 14.1. The number of rotatable bonds is 4. The van der Waals surface area contributed by atoms with E-state index in [2.05, 4.69) is 0 Å². The standard InChI is InChI=1S/C15H24N2O3S/c1-6-17(7-2)14(18)12-9-8-11(15(3,4)5)10-13(12)21(16,19)20/h8-10H,6-7H2,1-5H3,(H2,16,19,20). The van der Waals surface area contributed by atoms with E-state index in [-0.39, 0.29) is 21.8 Å². The number of primary sulfonamides is 1. The molecule has 1 amide bonds. The summed E-state index contributed by atoms with van der Waals surface area (Å²) in [4.78, 5) is 13.9. The lowest BCUT2D eigenvalue weighted by Crippen LogP contribution is -2.32. The number of hydrogen-bond donors (Lipinski definition) is 1. The Morgan fingerprint density at radius 3 is 2.10 bits per heavy atom. The van der Waals surface area contributed by atoms with Gasteiger partial charge in [-0.15, -0.1) is 0 Å². The number of nitrogens with zero attached hydrogens (tertiary/aromatic N) is 1. The van der Waals surface area contributed by atoms with Crippen molar-refractivity contribution in [2.75, 3.05) is 13.1 Å². The highest BCUT2D eigenvalue weighted by Gasteiger charge is 2.25. The molecule has 0 saturated carbocycles. The predicted molar refractivity (Wildman–Crippen MR) is 83.8 cm³/mol. The Hall–Kier alpha value is -1.40. The largest absolute Gasteiger partial charge is 0.339 e. The zero-order chi connectivity index (χ0) is 16.4. The summed E-state index contributed by atoms with van der Waals surface area (Å²) in [5.74, 6) is -0.315. The van der Waals surface area contributed by atoms with Gasteiger partial charge in [0, 0.05) is 13.1 Å². The highest BCUT2D eigenvalue weighted by atomic mass is 32.2. The minimum Gasteiger partial charge on any atom is -0.339 e. The maximum Gasteiger partial charge on any atom is 0.255 e. The van der Waals surface area contributed by atoms with Crippen molar-refractivity contribution in [3.63, 3.8) is 0 Å². The summed E-state index contributed by atoms with van der Waals surface area (Å²) in [6, 6.07) is 4.85. The molecule has 0 unspecified atom stereocenters. The Bertz CT molecular complexity index is 627. The lowest BCUT2D eigenvalue weighted by Gasteiger charge is -2.23. The minimum absolute atomic E-state index is 0.105. The molecule has 0 aliphatic rings. The molecule has 118 valence electrons. The average Bonchev–Trinajstić information content (AvgIpc) is 2.37. The first-order valence-corrected chi connectivity index (χ1v) is 8.53. The van der Waals surface area contributed by atoms with E-state index in [4.69, 9.17) is 5.14 Å². The summed E-state index contributed by atoms with van der Waals surface area (Å²) in [5.41, 5.74) is 0.729. The summed E-state index contributed by atoms with van der Waals surface area (Å²) in [6.07, 6.45) is 0. The molecule has 21 heavy (non-hydrogen) atoms. The van der Waals surface area contributed by atoms with Crippen LogP contribution in [0.25, 0.3) is 0 Å². The highest BCUT2D eigenvalue weighted by Crippen LogP contribution is 2.27. The molecular weight excluding hydrogens is 288 g/mol. The molecule has 0 aliphatic carbocycles. The first-order valence-electron chi connectivity index (χ1n) is 6.99. The van der Waals surface area contributed by atoms with E-state index >= 15 is 0 Å². The van der Waals surface area contributed by atoms with Crippen LogP contribution in [0.15, 0.2) is 23.1 Å². The van der Waals surface area contributed by atoms with Gasteiger partial charge in [-0.1, -0.05) is 26.8 Å². The lowest BCUT2D eigenvalue weighted by atomic mass is 9.86. The van der Waals surface area contributed by atoms with Crippen LogP contribution < -0.4 is 5.14 Å². The normalized spacial score (nSPS) is 12.3. The van der Waals surface area contributed by atoms with Gasteiger partial charge in [0.1, 0.15) is 0 Å². The van der Waals surface area contributed by atoms with Gasteiger partial charge < -0.3 is 4.90 Å². The second-order valence-electron chi connectivity index (χ2n) is 5.98. The van der Waals surface area contributed by atoms with E-state index in [1.165, 1.54) is 6.07 Å². The molecule has 6 heteroatoms. The molecule has 0 spiro atoms. The fourth-order valence-electron chi connectivity index (χ4n) is 2.08. The maximum absolute atomic E-state index is 12.4. The molecule has 0 atom stereocenters. The van der Waals surface area contributed by atoms with Crippen molar-refractivity contribution in [1.29, 1.82) is 0 Å². The average molecular weight is 312 g/mol. The van der Waals surface area contributed by atoms with Gasteiger partial charge in [0.2, 0.25) is 10.0 Å². The molecular formula is C15H24N2O3S. The first-order chi connectivity index (χ1) is 9.52. The first kappa shape index (κ1) is 17.7. The summed E-state index contributed by atoms with van der Waals surface area (Å²) in [7, 11) is -3.96. The second kappa shape index (κ2) is 6.15. The SMILES string of the molecule is CCN(CC)C(=O)c1ccc(C(C)(C)C)cc1S(N)(=O)=O. The third kappa shape index (κ3) is 4.04. The van der Waals surface area contributed by atoms with E-state index < -0.39 is 10.0 Å². The fraction of sp³-hybridized carbons (Fsp3) is 0.533. The third-order valence-corrected chi connectivity index (χ3v) is 4.39. The van der Waals surface area contributed by atoms with Gasteiger partial charge in [-0.2, -0.15) is 0 Å². The molecule has 0 radical (unpaired) electrons. The molecule has 0 saturated heterocycles. The van der Waals surface area contributed by atoms with E-state index in [1.807, 2.05) is 34.6 Å². The van der Waals surface area contributed by atoms with E-state index in [0.29, 0.717) is 13.1 Å². The molecule has 0 heterocycles. The smallest absolute Gasteiger partial charge is 0.255 e. The number of benzene rings is 1. The highest BCUT2D eigenvalue weighted by molar-refractivity contribution is 7.89. The second-order valence-corrected chi connectivity index (χ2v) is 7.51. The van der Waals surface area contributed by atoms with Crippen molar-refractivity contribution in [2.45, 2.75) is 44.9 Å². The zero-order valence-electron chi connectivity index (χ0n) is 13.3. The number of carbonyl (C=O) groups excluding carboxylic acids is 1. The molecule has 0 bridgehead atoms. The Morgan fingerprint density at radius 2 is 1.71 bits per heavy atom. The summed E-state index contributed by atoms with van der Waals surface area (Å²) in [6.45, 7) is 10.6. The third-order valence-electron chi connectivity index (χ3n) is 3.44. The van der Waals surface area contributed by atoms with Crippen molar-refractivity contribution in [3.05, 3.63) is 29.3 Å². The summed E-state index contributed by atoms with van der Waals surface area (Å²) in [5, 5.41) is 5.29. The van der Waals surface area contributed by atoms with Gasteiger partial charge in [-0.3, -0.25) is 4.79 Å². The van der Waals surface area contributed by atoms with Crippen LogP contribution in [0.1, 0.15) is 50.5 Å². The Morgan fingerprint density at radius 1 is 1.19 bits per heavy atom. The van der Waals surface area contributed by atoms with Crippen LogP contribution >= 0.6 is 0 Å². The monoisotopic (exact) mass is 312 g/mol. The Balaban J connectivity index is 3.51. The number of sulfonamides is 1. The molecule has 1 aromatic carbocycles. The number of nitrogens with two attached hydrogens (primary N) is 1. The summed E-state index contributed by atoms with van der Waals surface area (Å²) >= 11 is 0. The van der Waals surface area contributed by atoms with Crippen LogP contribution in [0.5, 0.6) is 0 Å². The van der Waals surface area contributed by atoms with Gasteiger partial charge in [0.25, 0.3) is 5.91 Å². The van der Waals surface area contributed by atoms with E-state index in [1.54, 1.807) is 17.0 Å². The van der Waals surface area contributed by atoms with Crippen molar-refractivity contribution < 1.29 is 13.2 Å². The van der Waals surface area contributed by atoms with Crippen molar-refractivity contribution in [3.8, 4) is 0 Å². The lowest BCUT2D eigenvalue weighted by molar-refractivity contribution is 0.0769. The number of carbonyl (C=O) groups is 1. The number of hydrogen-bond acceptors (Lipinski definition) is 3. The molecule has 2 N–H and O–H groups in total. The van der Waals surface area contributed by atoms with Crippen LogP contribution in [0.2, 0.25) is 0 Å². The molecule has 1 aromatic rings. The van der Waals surface area contributed by atoms with E-state index in [9.17, 15) is 13.2 Å². The van der Waals surface area contributed by atoms with Crippen molar-refractivity contribution in [1.82, 2.24) is 4.90 Å². The molecule has 0 aromatic heterocycles. The van der Waals surface area contributed by atoms with Crippen LogP contribution in [0.4, 0.5) is 0 Å². The van der Waals surface area contributed by atoms with Gasteiger partial charge in [0.05, 0.1) is 10.5 Å². The fourth-order valence-corrected chi connectivity index (χ4v) is 2.84. The minimum atomic E-state index is -3.96. The number of amides is 1. The quantitative estimate of drug-likeness (QED) is 0.924. The van der Waals surface area contributed by atoms with Crippen LogP contribution in [0, 0.1) is 0 Å². The van der Waals surface area contributed by atoms with Crippen LogP contribution in [0.3, 0.4) is 0 Å². The molecule has 0 fully saturated rings. The predicted octanol–water partition coefficient (Wildman–Crippen LogP) is 2.11. The van der Waals surface area contributed by atoms with Gasteiger partial charge in [-0.05, 0) is 37.0 Å². The Kier molecular flexibility index (Phi) is 5.17. The van der Waals surface area contributed by atoms with Gasteiger partial charge in [0.15, 0.2) is 0 Å². The van der Waals surface area contributed by atoms with Crippen molar-refractivity contribution in [2.24, 2.45) is 5.14 Å². The summed E-state index contributed by atoms with van der Waals surface area (Å²) < 4.78 is 23.7. The van der Waals surface area contributed by atoms with Crippen LogP contribution in [-0.4, -0.2) is 32.3 Å². The molecule has 5 nitrogen and oxygen atoms in total. The topological polar surface area (TPSA) is 80.5 Å².